The van der Waals surface area contributed by atoms with E-state index in [0.29, 0.717) is 13.2 Å². The lowest BCUT2D eigenvalue weighted by atomic mass is 9.97. The first-order valence-electron chi connectivity index (χ1n) is 6.51. The summed E-state index contributed by atoms with van der Waals surface area (Å²) in [7, 11) is 0. The van der Waals surface area contributed by atoms with Crippen molar-refractivity contribution in [3.05, 3.63) is 36.5 Å². The number of aromatic nitrogens is 3. The van der Waals surface area contributed by atoms with Crippen LogP contribution < -0.4 is 0 Å². The molecule has 1 fully saturated rings. The van der Waals surface area contributed by atoms with Gasteiger partial charge in [-0.1, -0.05) is 35.5 Å². The van der Waals surface area contributed by atoms with E-state index < -0.39 is 5.60 Å². The van der Waals surface area contributed by atoms with Gasteiger partial charge in [-0.15, -0.1) is 5.10 Å². The van der Waals surface area contributed by atoms with Gasteiger partial charge in [0.15, 0.2) is 0 Å². The third kappa shape index (κ3) is 2.83. The smallest absolute Gasteiger partial charge is 0.113 e. The van der Waals surface area contributed by atoms with Gasteiger partial charge in [0.25, 0.3) is 0 Å². The van der Waals surface area contributed by atoms with Crippen molar-refractivity contribution in [1.29, 1.82) is 0 Å². The normalized spacial score (nSPS) is 23.4. The number of nitrogens with zero attached hydrogens (tertiary/aromatic N) is 3. The van der Waals surface area contributed by atoms with Gasteiger partial charge in [0.1, 0.15) is 11.3 Å². The summed E-state index contributed by atoms with van der Waals surface area (Å²) in [5, 5.41) is 18.6. The van der Waals surface area contributed by atoms with E-state index >= 15 is 0 Å². The molecule has 1 saturated heterocycles. The molecule has 1 atom stereocenters. The SMILES string of the molecule is OC1(Cn2cc(-c3ccccc3)nn2)CCCOC1. The minimum atomic E-state index is -0.820. The Kier molecular flexibility index (Phi) is 3.31. The molecule has 0 saturated carbocycles. The second-order valence-electron chi connectivity index (χ2n) is 5.05. The van der Waals surface area contributed by atoms with E-state index in [1.807, 2.05) is 36.5 Å². The van der Waals surface area contributed by atoms with Crippen LogP contribution in [0.2, 0.25) is 0 Å². The molecule has 0 radical (unpaired) electrons. The summed E-state index contributed by atoms with van der Waals surface area (Å²) in [6.07, 6.45) is 3.49. The first kappa shape index (κ1) is 12.3. The Hall–Kier alpha value is -1.72. The molecule has 100 valence electrons. The van der Waals surface area contributed by atoms with Gasteiger partial charge in [-0.3, -0.25) is 0 Å². The summed E-state index contributed by atoms with van der Waals surface area (Å²) in [6.45, 7) is 1.52. The fourth-order valence-corrected chi connectivity index (χ4v) is 2.38. The summed E-state index contributed by atoms with van der Waals surface area (Å²) < 4.78 is 7.03. The van der Waals surface area contributed by atoms with Crippen LogP contribution in [0.1, 0.15) is 12.8 Å². The fraction of sp³-hybridized carbons (Fsp3) is 0.429. The van der Waals surface area contributed by atoms with Gasteiger partial charge in [0.2, 0.25) is 0 Å². The highest BCUT2D eigenvalue weighted by molar-refractivity contribution is 5.57. The highest BCUT2D eigenvalue weighted by Gasteiger charge is 2.31. The molecular weight excluding hydrogens is 242 g/mol. The van der Waals surface area contributed by atoms with Crippen molar-refractivity contribution in [3.63, 3.8) is 0 Å². The van der Waals surface area contributed by atoms with E-state index in [0.717, 1.165) is 30.7 Å². The van der Waals surface area contributed by atoms with Gasteiger partial charge in [-0.05, 0) is 12.8 Å². The van der Waals surface area contributed by atoms with Crippen molar-refractivity contribution in [2.45, 2.75) is 25.0 Å². The number of hydrogen-bond donors (Lipinski definition) is 1. The van der Waals surface area contributed by atoms with Crippen LogP contribution in [0.4, 0.5) is 0 Å². The van der Waals surface area contributed by atoms with Gasteiger partial charge in [-0.2, -0.15) is 0 Å². The van der Waals surface area contributed by atoms with Crippen LogP contribution in [-0.2, 0) is 11.3 Å². The molecule has 5 heteroatoms. The zero-order valence-corrected chi connectivity index (χ0v) is 10.7. The molecule has 1 aliphatic heterocycles. The Morgan fingerprint density at radius 3 is 2.89 bits per heavy atom. The van der Waals surface area contributed by atoms with Gasteiger partial charge < -0.3 is 9.84 Å². The highest BCUT2D eigenvalue weighted by Crippen LogP contribution is 2.22. The maximum atomic E-state index is 10.4. The lowest BCUT2D eigenvalue weighted by Gasteiger charge is -2.31. The second kappa shape index (κ2) is 5.11. The number of benzene rings is 1. The summed E-state index contributed by atoms with van der Waals surface area (Å²) in [5.74, 6) is 0. The van der Waals surface area contributed by atoms with E-state index in [4.69, 9.17) is 4.74 Å². The number of aliphatic hydroxyl groups is 1. The molecular formula is C14H17N3O2. The lowest BCUT2D eigenvalue weighted by Crippen LogP contribution is -2.42. The van der Waals surface area contributed by atoms with Gasteiger partial charge >= 0.3 is 0 Å². The van der Waals surface area contributed by atoms with Crippen LogP contribution in [0, 0.1) is 0 Å². The van der Waals surface area contributed by atoms with Crippen LogP contribution >= 0.6 is 0 Å². The molecule has 5 nitrogen and oxygen atoms in total. The van der Waals surface area contributed by atoms with E-state index in [1.165, 1.54) is 0 Å². The summed E-state index contributed by atoms with van der Waals surface area (Å²) in [4.78, 5) is 0. The molecule has 2 heterocycles. The van der Waals surface area contributed by atoms with Crippen molar-refractivity contribution < 1.29 is 9.84 Å². The minimum Gasteiger partial charge on any atom is -0.386 e. The van der Waals surface area contributed by atoms with E-state index in [-0.39, 0.29) is 0 Å². The molecule has 1 N–H and O–H groups in total. The number of rotatable bonds is 3. The number of hydrogen-bond acceptors (Lipinski definition) is 4. The molecule has 0 spiro atoms. The molecule has 0 aliphatic carbocycles. The quantitative estimate of drug-likeness (QED) is 0.907. The minimum absolute atomic E-state index is 0.369. The second-order valence-corrected chi connectivity index (χ2v) is 5.05. The molecule has 3 rings (SSSR count). The average Bonchev–Trinajstić information content (AvgIpc) is 2.88. The molecule has 2 aromatic rings. The van der Waals surface area contributed by atoms with E-state index in [2.05, 4.69) is 10.3 Å². The molecule has 1 unspecified atom stereocenters. The summed E-state index contributed by atoms with van der Waals surface area (Å²) in [5.41, 5.74) is 1.03. The van der Waals surface area contributed by atoms with Gasteiger partial charge in [0.05, 0.1) is 19.3 Å². The summed E-state index contributed by atoms with van der Waals surface area (Å²) >= 11 is 0. The predicted octanol–water partition coefficient (Wildman–Crippen LogP) is 1.49. The van der Waals surface area contributed by atoms with Crippen molar-refractivity contribution in [1.82, 2.24) is 15.0 Å². The van der Waals surface area contributed by atoms with Gasteiger partial charge in [0, 0.05) is 12.2 Å². The predicted molar refractivity (Wildman–Crippen MR) is 70.5 cm³/mol. The van der Waals surface area contributed by atoms with Crippen molar-refractivity contribution in [3.8, 4) is 11.3 Å². The van der Waals surface area contributed by atoms with Crippen LogP contribution in [0.5, 0.6) is 0 Å². The zero-order valence-electron chi connectivity index (χ0n) is 10.7. The molecule has 1 aromatic carbocycles. The maximum Gasteiger partial charge on any atom is 0.113 e. The largest absolute Gasteiger partial charge is 0.386 e. The Bertz CT molecular complexity index is 533. The summed E-state index contributed by atoms with van der Waals surface area (Å²) in [6, 6.07) is 9.89. The monoisotopic (exact) mass is 259 g/mol. The Morgan fingerprint density at radius 2 is 2.16 bits per heavy atom. The van der Waals surface area contributed by atoms with Crippen molar-refractivity contribution >= 4 is 0 Å². The van der Waals surface area contributed by atoms with Crippen LogP contribution in [0.25, 0.3) is 11.3 Å². The molecule has 19 heavy (non-hydrogen) atoms. The Morgan fingerprint density at radius 1 is 1.32 bits per heavy atom. The van der Waals surface area contributed by atoms with E-state index in [9.17, 15) is 5.11 Å². The molecule has 0 bridgehead atoms. The first-order valence-corrected chi connectivity index (χ1v) is 6.51. The third-order valence-electron chi connectivity index (χ3n) is 3.37. The van der Waals surface area contributed by atoms with Gasteiger partial charge in [-0.25, -0.2) is 4.68 Å². The lowest BCUT2D eigenvalue weighted by molar-refractivity contribution is -0.0960. The fourth-order valence-electron chi connectivity index (χ4n) is 2.38. The highest BCUT2D eigenvalue weighted by atomic mass is 16.5. The van der Waals surface area contributed by atoms with Crippen LogP contribution in [0.3, 0.4) is 0 Å². The third-order valence-corrected chi connectivity index (χ3v) is 3.37. The van der Waals surface area contributed by atoms with E-state index in [1.54, 1.807) is 4.68 Å². The van der Waals surface area contributed by atoms with Crippen LogP contribution in [0.15, 0.2) is 36.5 Å². The zero-order chi connectivity index (χ0) is 13.1. The first-order chi connectivity index (χ1) is 9.25. The van der Waals surface area contributed by atoms with Crippen molar-refractivity contribution in [2.24, 2.45) is 0 Å². The Balaban J connectivity index is 1.75. The Labute approximate surface area is 111 Å². The topological polar surface area (TPSA) is 60.2 Å². The molecule has 1 aliphatic rings. The molecule has 0 amide bonds. The average molecular weight is 259 g/mol. The molecule has 1 aromatic heterocycles. The van der Waals surface area contributed by atoms with Crippen molar-refractivity contribution in [2.75, 3.05) is 13.2 Å². The number of ether oxygens (including phenoxy) is 1. The van der Waals surface area contributed by atoms with Crippen LogP contribution in [-0.4, -0.2) is 38.9 Å². The maximum absolute atomic E-state index is 10.4. The standard InChI is InChI=1S/C14H17N3O2/c18-14(7-4-8-19-11-14)10-17-9-13(15-16-17)12-5-2-1-3-6-12/h1-3,5-6,9,18H,4,7-8,10-11H2.